The molecule has 158 valence electrons. The molecule has 0 fully saturated rings. The molecule has 31 heavy (non-hydrogen) atoms. The Morgan fingerprint density at radius 1 is 1.19 bits per heavy atom. The van der Waals surface area contributed by atoms with Gasteiger partial charge in [0.1, 0.15) is 11.6 Å². The number of aryl methyl sites for hydroxylation is 1. The Hall–Kier alpha value is -2.64. The number of hydrogen-bond acceptors (Lipinski definition) is 5. The van der Waals surface area contributed by atoms with E-state index < -0.39 is 0 Å². The number of furan rings is 1. The minimum atomic E-state index is -0.196. The molecule has 1 atom stereocenters. The van der Waals surface area contributed by atoms with Gasteiger partial charge in [-0.1, -0.05) is 59.2 Å². The van der Waals surface area contributed by atoms with Crippen molar-refractivity contribution in [1.29, 1.82) is 0 Å². The molecule has 0 saturated carbocycles. The molecule has 5 nitrogen and oxygen atoms in total. The molecule has 0 N–H and O–H groups in total. The van der Waals surface area contributed by atoms with Gasteiger partial charge in [-0.3, -0.25) is 4.79 Å². The van der Waals surface area contributed by atoms with E-state index in [9.17, 15) is 4.79 Å². The molecule has 4 aromatic rings. The molecule has 0 unspecified atom stereocenters. The van der Waals surface area contributed by atoms with Gasteiger partial charge in [0.15, 0.2) is 5.09 Å². The SMILES string of the molecule is CC[C@@H](C)c1nc2ccc(Br)cc2c(=O)n1N=Cc1ccc(Sc2ccc(C)cc2)o1. The van der Waals surface area contributed by atoms with Crippen molar-refractivity contribution < 1.29 is 4.42 Å². The zero-order chi connectivity index (χ0) is 22.0. The summed E-state index contributed by atoms with van der Waals surface area (Å²) >= 11 is 4.97. The lowest BCUT2D eigenvalue weighted by molar-refractivity contribution is 0.468. The Labute approximate surface area is 193 Å². The monoisotopic (exact) mass is 495 g/mol. The van der Waals surface area contributed by atoms with Crippen LogP contribution in [0.5, 0.6) is 0 Å². The molecule has 2 aromatic carbocycles. The topological polar surface area (TPSA) is 60.4 Å². The maximum Gasteiger partial charge on any atom is 0.282 e. The summed E-state index contributed by atoms with van der Waals surface area (Å²) in [6.07, 6.45) is 2.42. The number of fused-ring (bicyclic) bond motifs is 1. The molecule has 2 aromatic heterocycles. The Morgan fingerprint density at radius 2 is 1.97 bits per heavy atom. The summed E-state index contributed by atoms with van der Waals surface area (Å²) in [4.78, 5) is 19.0. The largest absolute Gasteiger partial charge is 0.448 e. The molecule has 0 aliphatic rings. The first-order valence-electron chi connectivity index (χ1n) is 10.1. The predicted octanol–water partition coefficient (Wildman–Crippen LogP) is 6.61. The Balaban J connectivity index is 1.67. The number of hydrogen-bond donors (Lipinski definition) is 0. The van der Waals surface area contributed by atoms with Gasteiger partial charge in [-0.05, 0) is 55.8 Å². The number of aromatic nitrogens is 2. The van der Waals surface area contributed by atoms with E-state index in [4.69, 9.17) is 9.40 Å². The fraction of sp³-hybridized carbons (Fsp3) is 0.208. The summed E-state index contributed by atoms with van der Waals surface area (Å²) in [5.74, 6) is 1.30. The zero-order valence-corrected chi connectivity index (χ0v) is 19.9. The van der Waals surface area contributed by atoms with Crippen LogP contribution in [0.4, 0.5) is 0 Å². The summed E-state index contributed by atoms with van der Waals surface area (Å²) in [5.41, 5.74) is 1.69. The average molecular weight is 496 g/mol. The summed E-state index contributed by atoms with van der Waals surface area (Å²) in [7, 11) is 0. The van der Waals surface area contributed by atoms with Crippen molar-refractivity contribution in [3.63, 3.8) is 0 Å². The zero-order valence-electron chi connectivity index (χ0n) is 17.5. The smallest absolute Gasteiger partial charge is 0.282 e. The highest BCUT2D eigenvalue weighted by Gasteiger charge is 2.15. The number of nitrogens with zero attached hydrogens (tertiary/aromatic N) is 3. The van der Waals surface area contributed by atoms with Crippen LogP contribution in [0.15, 0.2) is 83.4 Å². The fourth-order valence-electron chi connectivity index (χ4n) is 3.07. The lowest BCUT2D eigenvalue weighted by Crippen LogP contribution is -2.23. The number of benzene rings is 2. The van der Waals surface area contributed by atoms with Crippen molar-refractivity contribution in [2.45, 2.75) is 43.1 Å². The minimum absolute atomic E-state index is 0.0853. The standard InChI is InChI=1S/C24H22BrN3O2S/c1-4-16(3)23-27-21-11-7-17(25)13-20(21)24(29)28(23)26-14-18-8-12-22(30-18)31-19-9-5-15(2)6-10-19/h5-14,16H,4H2,1-3H3/t16-/m1/s1. The lowest BCUT2D eigenvalue weighted by atomic mass is 10.1. The third-order valence-corrected chi connectivity index (χ3v) is 6.45. The van der Waals surface area contributed by atoms with Crippen molar-refractivity contribution >= 4 is 44.8 Å². The highest BCUT2D eigenvalue weighted by Crippen LogP contribution is 2.29. The van der Waals surface area contributed by atoms with Gasteiger partial charge in [0.2, 0.25) is 0 Å². The van der Waals surface area contributed by atoms with Crippen LogP contribution in [0.2, 0.25) is 0 Å². The normalized spacial score (nSPS) is 12.6. The van der Waals surface area contributed by atoms with Gasteiger partial charge in [-0.25, -0.2) is 4.98 Å². The van der Waals surface area contributed by atoms with Crippen LogP contribution in [0.25, 0.3) is 10.9 Å². The summed E-state index contributed by atoms with van der Waals surface area (Å²) < 4.78 is 8.10. The fourth-order valence-corrected chi connectivity index (χ4v) is 4.21. The van der Waals surface area contributed by atoms with Gasteiger partial charge in [-0.15, -0.1) is 0 Å². The van der Waals surface area contributed by atoms with Crippen molar-refractivity contribution in [1.82, 2.24) is 9.66 Å². The molecular formula is C24H22BrN3O2S. The minimum Gasteiger partial charge on any atom is -0.448 e. The van der Waals surface area contributed by atoms with Crippen LogP contribution in [0, 0.1) is 6.92 Å². The second-order valence-electron chi connectivity index (χ2n) is 7.37. The van der Waals surface area contributed by atoms with E-state index in [-0.39, 0.29) is 11.5 Å². The second kappa shape index (κ2) is 9.24. The van der Waals surface area contributed by atoms with Gasteiger partial charge in [-0.2, -0.15) is 9.78 Å². The molecule has 2 heterocycles. The molecule has 0 spiro atoms. The van der Waals surface area contributed by atoms with E-state index in [0.29, 0.717) is 22.5 Å². The Bertz CT molecular complexity index is 1310. The highest BCUT2D eigenvalue weighted by molar-refractivity contribution is 9.10. The van der Waals surface area contributed by atoms with Gasteiger partial charge >= 0.3 is 0 Å². The van der Waals surface area contributed by atoms with Gasteiger partial charge in [0.25, 0.3) is 5.56 Å². The van der Waals surface area contributed by atoms with E-state index in [1.165, 1.54) is 10.2 Å². The summed E-state index contributed by atoms with van der Waals surface area (Å²) in [6, 6.07) is 17.5. The van der Waals surface area contributed by atoms with Crippen LogP contribution in [-0.2, 0) is 0 Å². The van der Waals surface area contributed by atoms with Crippen LogP contribution in [0.1, 0.15) is 43.3 Å². The van der Waals surface area contributed by atoms with Crippen molar-refractivity contribution in [2.24, 2.45) is 5.10 Å². The van der Waals surface area contributed by atoms with E-state index >= 15 is 0 Å². The first-order chi connectivity index (χ1) is 14.9. The molecule has 0 aliphatic carbocycles. The molecule has 4 rings (SSSR count). The van der Waals surface area contributed by atoms with Gasteiger partial charge < -0.3 is 4.42 Å². The van der Waals surface area contributed by atoms with E-state index in [0.717, 1.165) is 20.9 Å². The first kappa shape index (κ1) is 21.6. The van der Waals surface area contributed by atoms with E-state index in [1.807, 2.05) is 31.2 Å². The molecule has 0 bridgehead atoms. The predicted molar refractivity (Wildman–Crippen MR) is 129 cm³/mol. The Morgan fingerprint density at radius 3 is 2.71 bits per heavy atom. The van der Waals surface area contributed by atoms with Crippen LogP contribution >= 0.6 is 27.7 Å². The van der Waals surface area contributed by atoms with Crippen molar-refractivity contribution in [2.75, 3.05) is 0 Å². The molecule has 0 amide bonds. The van der Waals surface area contributed by atoms with Crippen molar-refractivity contribution in [3.05, 3.63) is 86.6 Å². The molecule has 7 heteroatoms. The Kier molecular flexibility index (Phi) is 6.43. The van der Waals surface area contributed by atoms with Crippen molar-refractivity contribution in [3.8, 4) is 0 Å². The second-order valence-corrected chi connectivity index (χ2v) is 9.37. The number of rotatable bonds is 6. The van der Waals surface area contributed by atoms with E-state index in [2.05, 4.69) is 59.1 Å². The summed E-state index contributed by atoms with van der Waals surface area (Å²) in [5, 5.41) is 5.74. The van der Waals surface area contributed by atoms with E-state index in [1.54, 1.807) is 24.0 Å². The van der Waals surface area contributed by atoms with Crippen LogP contribution in [0.3, 0.4) is 0 Å². The first-order valence-corrected chi connectivity index (χ1v) is 11.7. The molecule has 0 aliphatic heterocycles. The summed E-state index contributed by atoms with van der Waals surface area (Å²) in [6.45, 7) is 6.17. The van der Waals surface area contributed by atoms with Gasteiger partial charge in [0, 0.05) is 15.3 Å². The van der Waals surface area contributed by atoms with Crippen LogP contribution < -0.4 is 5.56 Å². The maximum absolute atomic E-state index is 13.2. The van der Waals surface area contributed by atoms with Gasteiger partial charge in [0.05, 0.1) is 17.1 Å². The number of halogens is 1. The third kappa shape index (κ3) is 4.83. The molecular weight excluding hydrogens is 474 g/mol. The average Bonchev–Trinajstić information content (AvgIpc) is 3.21. The molecule has 0 radical (unpaired) electrons. The lowest BCUT2D eigenvalue weighted by Gasteiger charge is -2.13. The highest BCUT2D eigenvalue weighted by atomic mass is 79.9. The quantitative estimate of drug-likeness (QED) is 0.282. The van der Waals surface area contributed by atoms with Crippen LogP contribution in [-0.4, -0.2) is 15.9 Å². The molecule has 0 saturated heterocycles. The third-order valence-electron chi connectivity index (χ3n) is 5.03. The maximum atomic E-state index is 13.2.